The minimum Gasteiger partial charge on any atom is -0.281 e. The van der Waals surface area contributed by atoms with Gasteiger partial charge in [-0.05, 0) is 33.6 Å². The highest BCUT2D eigenvalue weighted by Crippen LogP contribution is 2.24. The molecule has 0 atom stereocenters. The van der Waals surface area contributed by atoms with E-state index >= 15 is 0 Å². The average molecular weight is 273 g/mol. The summed E-state index contributed by atoms with van der Waals surface area (Å²) in [5, 5.41) is 6.71. The van der Waals surface area contributed by atoms with Crippen molar-refractivity contribution in [1.82, 2.24) is 14.5 Å². The Labute approximate surface area is 110 Å². The van der Waals surface area contributed by atoms with Crippen molar-refractivity contribution in [3.8, 4) is 0 Å². The van der Waals surface area contributed by atoms with E-state index in [0.717, 1.165) is 0 Å². The molecule has 0 unspecified atom stereocenters. The van der Waals surface area contributed by atoms with E-state index in [-0.39, 0.29) is 12.0 Å². The van der Waals surface area contributed by atoms with Gasteiger partial charge in [-0.25, -0.2) is 8.42 Å². The third-order valence-electron chi connectivity index (χ3n) is 2.75. The van der Waals surface area contributed by atoms with Gasteiger partial charge in [0.25, 0.3) is 0 Å². The van der Waals surface area contributed by atoms with Gasteiger partial charge in [-0.15, -0.1) is 0 Å². The molecule has 0 fully saturated rings. The first-order valence-electron chi connectivity index (χ1n) is 6.21. The largest absolute Gasteiger partial charge is 0.281 e. The van der Waals surface area contributed by atoms with Crippen LogP contribution in [0.4, 0.5) is 0 Å². The summed E-state index contributed by atoms with van der Waals surface area (Å²) in [7, 11) is -3.47. The lowest BCUT2D eigenvalue weighted by atomic mass is 10.2. The second kappa shape index (κ2) is 5.40. The molecular weight excluding hydrogens is 250 g/mol. The van der Waals surface area contributed by atoms with Crippen LogP contribution in [0.2, 0.25) is 0 Å². The highest BCUT2D eigenvalue weighted by molar-refractivity contribution is 7.89. The summed E-state index contributed by atoms with van der Waals surface area (Å²) in [6, 6.07) is -0.0638. The predicted octanol–water partition coefficient (Wildman–Crippen LogP) is 2.08. The van der Waals surface area contributed by atoms with Crippen LogP contribution in [0.25, 0.3) is 0 Å². The summed E-state index contributed by atoms with van der Waals surface area (Å²) in [4.78, 5) is 0.317. The molecule has 6 heteroatoms. The third-order valence-corrected chi connectivity index (χ3v) is 5.05. The number of nitrogens with one attached hydrogen (secondary N) is 1. The highest BCUT2D eigenvalue weighted by Gasteiger charge is 2.31. The van der Waals surface area contributed by atoms with E-state index in [1.165, 1.54) is 0 Å². The Morgan fingerprint density at radius 2 is 1.78 bits per heavy atom. The lowest BCUT2D eigenvalue weighted by molar-refractivity contribution is 0.318. The minimum absolute atomic E-state index is 0.0638. The number of rotatable bonds is 5. The van der Waals surface area contributed by atoms with Gasteiger partial charge in [0, 0.05) is 12.6 Å². The maximum atomic E-state index is 12.7. The number of sulfonamides is 1. The fraction of sp³-hybridized carbons (Fsp3) is 0.750. The first-order chi connectivity index (χ1) is 8.17. The molecule has 18 heavy (non-hydrogen) atoms. The molecule has 0 bridgehead atoms. The molecule has 0 saturated carbocycles. The molecule has 1 aromatic rings. The normalized spacial score (nSPS) is 12.9. The van der Waals surface area contributed by atoms with E-state index in [0.29, 0.717) is 22.8 Å². The van der Waals surface area contributed by atoms with E-state index in [4.69, 9.17) is 0 Å². The van der Waals surface area contributed by atoms with Gasteiger partial charge in [0.05, 0.1) is 11.4 Å². The molecule has 0 spiro atoms. The monoisotopic (exact) mass is 273 g/mol. The van der Waals surface area contributed by atoms with Crippen LogP contribution in [0, 0.1) is 19.8 Å². The van der Waals surface area contributed by atoms with Crippen LogP contribution in [-0.2, 0) is 10.0 Å². The second-order valence-corrected chi connectivity index (χ2v) is 7.15. The van der Waals surface area contributed by atoms with Crippen LogP contribution in [0.3, 0.4) is 0 Å². The standard InChI is InChI=1S/C12H23N3O2S/c1-8(2)7-15(9(3)4)18(16,17)12-10(5)13-14-11(12)6/h8-9H,7H2,1-6H3,(H,13,14). The molecule has 0 saturated heterocycles. The number of hydrogen-bond acceptors (Lipinski definition) is 3. The molecule has 1 N–H and O–H groups in total. The third kappa shape index (κ3) is 2.92. The molecule has 0 aromatic carbocycles. The van der Waals surface area contributed by atoms with Crippen molar-refractivity contribution in [3.63, 3.8) is 0 Å². The quantitative estimate of drug-likeness (QED) is 0.893. The summed E-state index contributed by atoms with van der Waals surface area (Å²) in [5.74, 6) is 0.287. The van der Waals surface area contributed by atoms with Gasteiger partial charge in [-0.3, -0.25) is 5.10 Å². The van der Waals surface area contributed by atoms with Gasteiger partial charge in [0.2, 0.25) is 10.0 Å². The first-order valence-corrected chi connectivity index (χ1v) is 7.65. The van der Waals surface area contributed by atoms with Crippen LogP contribution in [0.15, 0.2) is 4.90 Å². The molecule has 1 rings (SSSR count). The molecule has 104 valence electrons. The molecule has 5 nitrogen and oxygen atoms in total. The number of aromatic amines is 1. The Kier molecular flexibility index (Phi) is 4.55. The zero-order valence-corrected chi connectivity index (χ0v) is 12.8. The molecular formula is C12H23N3O2S. The lowest BCUT2D eigenvalue weighted by Crippen LogP contribution is -2.39. The van der Waals surface area contributed by atoms with Crippen LogP contribution in [-0.4, -0.2) is 35.5 Å². The fourth-order valence-corrected chi connectivity index (χ4v) is 4.12. The van der Waals surface area contributed by atoms with Gasteiger partial charge in [0.15, 0.2) is 0 Å². The summed E-state index contributed by atoms with van der Waals surface area (Å²) in [6.07, 6.45) is 0. The number of aryl methyl sites for hydroxylation is 2. The van der Waals surface area contributed by atoms with Crippen LogP contribution < -0.4 is 0 Å². The fourth-order valence-electron chi connectivity index (χ4n) is 1.98. The van der Waals surface area contributed by atoms with Gasteiger partial charge in [-0.1, -0.05) is 13.8 Å². The Bertz CT molecular complexity index is 484. The van der Waals surface area contributed by atoms with Crippen molar-refractivity contribution in [2.45, 2.75) is 52.5 Å². The number of aromatic nitrogens is 2. The number of H-pyrrole nitrogens is 1. The molecule has 0 aliphatic heterocycles. The average Bonchev–Trinajstić information content (AvgIpc) is 2.54. The van der Waals surface area contributed by atoms with E-state index < -0.39 is 10.0 Å². The number of hydrogen-bond donors (Lipinski definition) is 1. The van der Waals surface area contributed by atoms with Gasteiger partial charge < -0.3 is 0 Å². The molecule has 0 aliphatic carbocycles. The van der Waals surface area contributed by atoms with E-state index in [2.05, 4.69) is 10.2 Å². The zero-order valence-electron chi connectivity index (χ0n) is 12.0. The molecule has 0 aliphatic rings. The van der Waals surface area contributed by atoms with Crippen molar-refractivity contribution >= 4 is 10.0 Å². The first kappa shape index (κ1) is 15.2. The molecule has 0 amide bonds. The summed E-state index contributed by atoms with van der Waals surface area (Å²) in [5.41, 5.74) is 1.13. The van der Waals surface area contributed by atoms with Crippen molar-refractivity contribution < 1.29 is 8.42 Å². The van der Waals surface area contributed by atoms with Crippen molar-refractivity contribution in [1.29, 1.82) is 0 Å². The van der Waals surface area contributed by atoms with Gasteiger partial charge >= 0.3 is 0 Å². The van der Waals surface area contributed by atoms with Crippen LogP contribution >= 0.6 is 0 Å². The smallest absolute Gasteiger partial charge is 0.246 e. The van der Waals surface area contributed by atoms with E-state index in [1.54, 1.807) is 18.2 Å². The van der Waals surface area contributed by atoms with E-state index in [9.17, 15) is 8.42 Å². The van der Waals surface area contributed by atoms with Gasteiger partial charge in [-0.2, -0.15) is 9.40 Å². The Balaban J connectivity index is 3.26. The Hall–Kier alpha value is -0.880. The molecule has 1 aromatic heterocycles. The number of nitrogens with zero attached hydrogens (tertiary/aromatic N) is 2. The predicted molar refractivity (Wildman–Crippen MR) is 71.9 cm³/mol. The summed E-state index contributed by atoms with van der Waals surface area (Å²) >= 11 is 0. The maximum absolute atomic E-state index is 12.7. The van der Waals surface area contributed by atoms with Crippen molar-refractivity contribution in [2.75, 3.05) is 6.54 Å². The Morgan fingerprint density at radius 1 is 1.22 bits per heavy atom. The van der Waals surface area contributed by atoms with Gasteiger partial charge in [0.1, 0.15) is 4.90 Å². The van der Waals surface area contributed by atoms with Crippen LogP contribution in [0.5, 0.6) is 0 Å². The van der Waals surface area contributed by atoms with Crippen molar-refractivity contribution in [3.05, 3.63) is 11.4 Å². The lowest BCUT2D eigenvalue weighted by Gasteiger charge is -2.27. The highest BCUT2D eigenvalue weighted by atomic mass is 32.2. The maximum Gasteiger partial charge on any atom is 0.246 e. The van der Waals surface area contributed by atoms with Crippen LogP contribution in [0.1, 0.15) is 39.1 Å². The van der Waals surface area contributed by atoms with E-state index in [1.807, 2.05) is 27.7 Å². The molecule has 0 radical (unpaired) electrons. The zero-order chi connectivity index (χ0) is 14.1. The Morgan fingerprint density at radius 3 is 2.11 bits per heavy atom. The molecule has 1 heterocycles. The minimum atomic E-state index is -3.47. The summed E-state index contributed by atoms with van der Waals surface area (Å²) < 4.78 is 26.9. The van der Waals surface area contributed by atoms with Crippen molar-refractivity contribution in [2.24, 2.45) is 5.92 Å². The SMILES string of the molecule is Cc1n[nH]c(C)c1S(=O)(=O)N(CC(C)C)C(C)C. The topological polar surface area (TPSA) is 66.1 Å². The summed E-state index contributed by atoms with van der Waals surface area (Å²) in [6.45, 7) is 11.8. The second-order valence-electron chi connectivity index (χ2n) is 5.33.